The summed E-state index contributed by atoms with van der Waals surface area (Å²) < 4.78 is 11.0. The molecule has 0 spiro atoms. The lowest BCUT2D eigenvalue weighted by molar-refractivity contribution is 0.294. The van der Waals surface area contributed by atoms with Gasteiger partial charge in [-0.2, -0.15) is 15.0 Å². The molecular formula is C18H24N4O2. The topological polar surface area (TPSA) is 60.4 Å². The smallest absolute Gasteiger partial charge is 0.321 e. The van der Waals surface area contributed by atoms with Gasteiger partial charge in [-0.3, -0.25) is 0 Å². The van der Waals surface area contributed by atoms with Gasteiger partial charge in [0.15, 0.2) is 0 Å². The van der Waals surface area contributed by atoms with Crippen LogP contribution < -0.4 is 14.4 Å². The molecule has 0 radical (unpaired) electrons. The number of hydrogen-bond donors (Lipinski definition) is 0. The minimum atomic E-state index is 0.408. The fourth-order valence-corrected chi connectivity index (χ4v) is 2.83. The summed E-state index contributed by atoms with van der Waals surface area (Å²) in [5.41, 5.74) is 1.16. The normalized spacial score (nSPS) is 14.5. The summed E-state index contributed by atoms with van der Waals surface area (Å²) in [6, 6.07) is 8.40. The van der Waals surface area contributed by atoms with Crippen molar-refractivity contribution in [1.29, 1.82) is 0 Å². The van der Waals surface area contributed by atoms with Crippen molar-refractivity contribution in [2.45, 2.75) is 32.6 Å². The van der Waals surface area contributed by atoms with E-state index in [9.17, 15) is 0 Å². The summed E-state index contributed by atoms with van der Waals surface area (Å²) in [6.45, 7) is 4.42. The van der Waals surface area contributed by atoms with Gasteiger partial charge in [-0.05, 0) is 43.9 Å². The number of anilines is 1. The molecule has 0 N–H and O–H groups in total. The molecular weight excluding hydrogens is 304 g/mol. The third-order valence-electron chi connectivity index (χ3n) is 4.11. The Bertz CT molecular complexity index is 672. The molecule has 0 unspecified atom stereocenters. The summed E-state index contributed by atoms with van der Waals surface area (Å²) >= 11 is 0. The van der Waals surface area contributed by atoms with E-state index < -0.39 is 0 Å². The van der Waals surface area contributed by atoms with E-state index in [1.807, 2.05) is 25.1 Å². The highest BCUT2D eigenvalue weighted by Gasteiger charge is 2.15. The van der Waals surface area contributed by atoms with Crippen molar-refractivity contribution in [3.8, 4) is 11.8 Å². The van der Waals surface area contributed by atoms with Gasteiger partial charge in [0, 0.05) is 19.5 Å². The van der Waals surface area contributed by atoms with E-state index in [1.54, 1.807) is 7.11 Å². The predicted molar refractivity (Wildman–Crippen MR) is 92.8 cm³/mol. The Balaban J connectivity index is 1.61. The molecule has 2 heterocycles. The molecule has 1 aliphatic heterocycles. The number of benzene rings is 1. The van der Waals surface area contributed by atoms with Gasteiger partial charge < -0.3 is 14.4 Å². The van der Waals surface area contributed by atoms with Gasteiger partial charge in [0.2, 0.25) is 5.95 Å². The molecule has 24 heavy (non-hydrogen) atoms. The summed E-state index contributed by atoms with van der Waals surface area (Å²) in [4.78, 5) is 15.4. The molecule has 1 aliphatic rings. The van der Waals surface area contributed by atoms with Crippen molar-refractivity contribution in [2.24, 2.45) is 0 Å². The zero-order valence-corrected chi connectivity index (χ0v) is 14.4. The van der Waals surface area contributed by atoms with Crippen molar-refractivity contribution in [3.05, 3.63) is 35.7 Å². The van der Waals surface area contributed by atoms with Crippen LogP contribution >= 0.6 is 0 Å². The Hall–Kier alpha value is -2.37. The second kappa shape index (κ2) is 7.95. The Morgan fingerprint density at radius 1 is 1.08 bits per heavy atom. The van der Waals surface area contributed by atoms with Crippen molar-refractivity contribution in [2.75, 3.05) is 31.7 Å². The van der Waals surface area contributed by atoms with Gasteiger partial charge in [0.05, 0.1) is 13.7 Å². The van der Waals surface area contributed by atoms with Crippen LogP contribution in [0.25, 0.3) is 0 Å². The van der Waals surface area contributed by atoms with Crippen LogP contribution in [0.3, 0.4) is 0 Å². The lowest BCUT2D eigenvalue weighted by atomic mass is 10.1. The fraction of sp³-hybridized carbons (Fsp3) is 0.500. The van der Waals surface area contributed by atoms with Gasteiger partial charge in [-0.15, -0.1) is 0 Å². The molecule has 0 bridgehead atoms. The summed E-state index contributed by atoms with van der Waals surface area (Å²) in [7, 11) is 1.67. The fourth-order valence-electron chi connectivity index (χ4n) is 2.83. The van der Waals surface area contributed by atoms with E-state index in [2.05, 4.69) is 25.9 Å². The molecule has 1 saturated heterocycles. The van der Waals surface area contributed by atoms with Crippen LogP contribution in [0.15, 0.2) is 24.3 Å². The molecule has 6 nitrogen and oxygen atoms in total. The molecule has 1 aromatic heterocycles. The summed E-state index contributed by atoms with van der Waals surface area (Å²) in [6.07, 6.45) is 4.44. The van der Waals surface area contributed by atoms with E-state index in [1.165, 1.54) is 19.3 Å². The maximum Gasteiger partial charge on any atom is 0.321 e. The molecule has 6 heteroatoms. The van der Waals surface area contributed by atoms with Gasteiger partial charge in [-0.1, -0.05) is 12.1 Å². The number of rotatable bonds is 6. The predicted octanol–water partition coefficient (Wildman–Crippen LogP) is 2.80. The molecule has 1 aromatic carbocycles. The minimum Gasteiger partial charge on any atom is -0.497 e. The molecule has 0 amide bonds. The van der Waals surface area contributed by atoms with Crippen LogP contribution in [0.4, 0.5) is 5.95 Å². The largest absolute Gasteiger partial charge is 0.497 e. The average Bonchev–Trinajstić information content (AvgIpc) is 2.62. The van der Waals surface area contributed by atoms with Crippen molar-refractivity contribution >= 4 is 5.95 Å². The molecule has 0 saturated carbocycles. The molecule has 3 rings (SSSR count). The van der Waals surface area contributed by atoms with Crippen LogP contribution in [0, 0.1) is 6.92 Å². The number of hydrogen-bond acceptors (Lipinski definition) is 6. The van der Waals surface area contributed by atoms with E-state index in [0.29, 0.717) is 18.4 Å². The number of aryl methyl sites for hydroxylation is 1. The third-order valence-corrected chi connectivity index (χ3v) is 4.11. The quantitative estimate of drug-likeness (QED) is 0.812. The van der Waals surface area contributed by atoms with Gasteiger partial charge in [0.1, 0.15) is 11.6 Å². The molecule has 1 fully saturated rings. The minimum absolute atomic E-state index is 0.408. The van der Waals surface area contributed by atoms with E-state index in [4.69, 9.17) is 9.47 Å². The van der Waals surface area contributed by atoms with Crippen LogP contribution in [-0.4, -0.2) is 41.8 Å². The van der Waals surface area contributed by atoms with E-state index in [0.717, 1.165) is 36.8 Å². The standard InChI is InChI=1S/C18H24N4O2/c1-14-19-17(22-10-4-3-5-11-22)21-18(20-14)24-12-9-15-7-6-8-16(13-15)23-2/h6-8,13H,3-5,9-12H2,1-2H3. The van der Waals surface area contributed by atoms with Crippen LogP contribution in [0.1, 0.15) is 30.7 Å². The highest BCUT2D eigenvalue weighted by Crippen LogP contribution is 2.18. The lowest BCUT2D eigenvalue weighted by Crippen LogP contribution is -2.31. The van der Waals surface area contributed by atoms with E-state index in [-0.39, 0.29) is 0 Å². The zero-order valence-electron chi connectivity index (χ0n) is 14.4. The zero-order chi connectivity index (χ0) is 16.8. The first kappa shape index (κ1) is 16.5. The first-order valence-electron chi connectivity index (χ1n) is 8.48. The summed E-state index contributed by atoms with van der Waals surface area (Å²) in [5.74, 6) is 2.29. The second-order valence-corrected chi connectivity index (χ2v) is 5.96. The number of nitrogens with zero attached hydrogens (tertiary/aromatic N) is 4. The Kier molecular flexibility index (Phi) is 5.46. The van der Waals surface area contributed by atoms with E-state index >= 15 is 0 Å². The van der Waals surface area contributed by atoms with Crippen molar-refractivity contribution in [1.82, 2.24) is 15.0 Å². The molecule has 128 valence electrons. The highest BCUT2D eigenvalue weighted by atomic mass is 16.5. The Morgan fingerprint density at radius 3 is 2.71 bits per heavy atom. The first-order chi connectivity index (χ1) is 11.7. The van der Waals surface area contributed by atoms with Crippen LogP contribution in [0.2, 0.25) is 0 Å². The third kappa shape index (κ3) is 4.34. The molecule has 0 aliphatic carbocycles. The van der Waals surface area contributed by atoms with Crippen LogP contribution in [0.5, 0.6) is 11.8 Å². The monoisotopic (exact) mass is 328 g/mol. The maximum atomic E-state index is 5.77. The van der Waals surface area contributed by atoms with Gasteiger partial charge in [-0.25, -0.2) is 0 Å². The Labute approximate surface area is 142 Å². The average molecular weight is 328 g/mol. The summed E-state index contributed by atoms with van der Waals surface area (Å²) in [5, 5.41) is 0. The second-order valence-electron chi connectivity index (χ2n) is 5.96. The van der Waals surface area contributed by atoms with Gasteiger partial charge >= 0.3 is 6.01 Å². The number of piperidine rings is 1. The first-order valence-corrected chi connectivity index (χ1v) is 8.48. The SMILES string of the molecule is COc1cccc(CCOc2nc(C)nc(N3CCCCC3)n2)c1. The molecule has 0 atom stereocenters. The van der Waals surface area contributed by atoms with Crippen LogP contribution in [-0.2, 0) is 6.42 Å². The number of methoxy groups -OCH3 is 1. The number of ether oxygens (including phenoxy) is 2. The Morgan fingerprint density at radius 2 is 1.92 bits per heavy atom. The molecule has 2 aromatic rings. The maximum absolute atomic E-state index is 5.77. The van der Waals surface area contributed by atoms with Gasteiger partial charge in [0.25, 0.3) is 0 Å². The van der Waals surface area contributed by atoms with Crippen molar-refractivity contribution in [3.63, 3.8) is 0 Å². The number of aromatic nitrogens is 3. The highest BCUT2D eigenvalue weighted by molar-refractivity contribution is 5.31. The lowest BCUT2D eigenvalue weighted by Gasteiger charge is -2.26. The van der Waals surface area contributed by atoms with Crippen molar-refractivity contribution < 1.29 is 9.47 Å².